The van der Waals surface area contributed by atoms with E-state index in [1.165, 1.54) is 0 Å². The molecule has 0 fully saturated rings. The number of hydrogen-bond donors (Lipinski definition) is 1. The van der Waals surface area contributed by atoms with Gasteiger partial charge in [-0.25, -0.2) is 0 Å². The Morgan fingerprint density at radius 1 is 0.920 bits per heavy atom. The molecule has 0 radical (unpaired) electrons. The number of aldehydes is 1. The molecule has 25 heavy (non-hydrogen) atoms. The van der Waals surface area contributed by atoms with Gasteiger partial charge in [-0.3, -0.25) is 9.59 Å². The summed E-state index contributed by atoms with van der Waals surface area (Å²) in [6.07, 6.45) is 0.751. The van der Waals surface area contributed by atoms with E-state index in [1.54, 1.807) is 24.3 Å². The van der Waals surface area contributed by atoms with Crippen LogP contribution in [0.3, 0.4) is 0 Å². The van der Waals surface area contributed by atoms with Gasteiger partial charge >= 0.3 is 0 Å². The number of benzene rings is 2. The first-order valence-electron chi connectivity index (χ1n) is 8.01. The predicted octanol–water partition coefficient (Wildman–Crippen LogP) is 2.47. The standard InChI is InChI=1S/C19H21NO5/c1-2-23-16-7-9-17(10-8-16)24-12-11-20-19(22)14-25-18-5-3-15(13-21)4-6-18/h3-10,13H,2,11-12,14H2,1H3,(H,20,22). The molecule has 6 heteroatoms. The van der Waals surface area contributed by atoms with E-state index < -0.39 is 0 Å². The summed E-state index contributed by atoms with van der Waals surface area (Å²) in [6.45, 7) is 3.18. The Bertz CT molecular complexity index is 667. The maximum absolute atomic E-state index is 11.7. The van der Waals surface area contributed by atoms with E-state index in [4.69, 9.17) is 14.2 Å². The number of carbonyl (C=O) groups excluding carboxylic acids is 2. The smallest absolute Gasteiger partial charge is 0.258 e. The van der Waals surface area contributed by atoms with Crippen molar-refractivity contribution in [3.63, 3.8) is 0 Å². The quantitative estimate of drug-likeness (QED) is 0.530. The molecule has 0 spiro atoms. The van der Waals surface area contributed by atoms with Crippen molar-refractivity contribution in [2.45, 2.75) is 6.92 Å². The SMILES string of the molecule is CCOc1ccc(OCCNC(=O)COc2ccc(C=O)cc2)cc1. The number of hydrogen-bond acceptors (Lipinski definition) is 5. The molecule has 2 rings (SSSR count). The van der Waals surface area contributed by atoms with Crippen molar-refractivity contribution in [3.05, 3.63) is 54.1 Å². The second-order valence-corrected chi connectivity index (χ2v) is 5.08. The Morgan fingerprint density at radius 3 is 2.08 bits per heavy atom. The first-order chi connectivity index (χ1) is 12.2. The summed E-state index contributed by atoms with van der Waals surface area (Å²) in [4.78, 5) is 22.3. The highest BCUT2D eigenvalue weighted by Gasteiger charge is 2.03. The fraction of sp³-hybridized carbons (Fsp3) is 0.263. The zero-order valence-corrected chi connectivity index (χ0v) is 14.1. The van der Waals surface area contributed by atoms with Crippen LogP contribution in [0, 0.1) is 0 Å². The number of amides is 1. The Kier molecular flexibility index (Phi) is 7.31. The van der Waals surface area contributed by atoms with Crippen molar-refractivity contribution in [1.82, 2.24) is 5.32 Å². The van der Waals surface area contributed by atoms with Crippen LogP contribution < -0.4 is 19.5 Å². The number of carbonyl (C=O) groups is 2. The summed E-state index contributed by atoms with van der Waals surface area (Å²) in [5.74, 6) is 1.80. The topological polar surface area (TPSA) is 73.9 Å². The zero-order chi connectivity index (χ0) is 17.9. The zero-order valence-electron chi connectivity index (χ0n) is 14.1. The normalized spacial score (nSPS) is 9.96. The lowest BCUT2D eigenvalue weighted by Crippen LogP contribution is -2.32. The molecule has 2 aromatic rings. The summed E-state index contributed by atoms with van der Waals surface area (Å²) in [5.41, 5.74) is 0.559. The molecule has 6 nitrogen and oxygen atoms in total. The van der Waals surface area contributed by atoms with E-state index >= 15 is 0 Å². The molecule has 0 aromatic heterocycles. The lowest BCUT2D eigenvalue weighted by atomic mass is 10.2. The summed E-state index contributed by atoms with van der Waals surface area (Å²) in [6, 6.07) is 13.9. The average molecular weight is 343 g/mol. The summed E-state index contributed by atoms with van der Waals surface area (Å²) in [7, 11) is 0. The van der Waals surface area contributed by atoms with Crippen LogP contribution in [-0.4, -0.2) is 38.6 Å². The monoisotopic (exact) mass is 343 g/mol. The molecular weight excluding hydrogens is 322 g/mol. The molecule has 0 saturated heterocycles. The molecule has 1 amide bonds. The van der Waals surface area contributed by atoms with Crippen LogP contribution in [0.4, 0.5) is 0 Å². The lowest BCUT2D eigenvalue weighted by molar-refractivity contribution is -0.123. The van der Waals surface area contributed by atoms with E-state index in [1.807, 2.05) is 31.2 Å². The van der Waals surface area contributed by atoms with Crippen molar-refractivity contribution in [2.24, 2.45) is 0 Å². The molecule has 0 aliphatic heterocycles. The Hall–Kier alpha value is -3.02. The van der Waals surface area contributed by atoms with Crippen LogP contribution in [0.1, 0.15) is 17.3 Å². The van der Waals surface area contributed by atoms with Gasteiger partial charge in [-0.1, -0.05) is 0 Å². The molecule has 1 N–H and O–H groups in total. The largest absolute Gasteiger partial charge is 0.494 e. The minimum atomic E-state index is -0.241. The van der Waals surface area contributed by atoms with Crippen molar-refractivity contribution < 1.29 is 23.8 Å². The first-order valence-corrected chi connectivity index (χ1v) is 8.01. The minimum absolute atomic E-state index is 0.0938. The molecule has 0 unspecified atom stereocenters. The van der Waals surface area contributed by atoms with E-state index in [0.717, 1.165) is 12.0 Å². The van der Waals surface area contributed by atoms with Gasteiger partial charge in [0, 0.05) is 5.56 Å². The predicted molar refractivity (Wildman–Crippen MR) is 93.4 cm³/mol. The average Bonchev–Trinajstić information content (AvgIpc) is 2.65. The minimum Gasteiger partial charge on any atom is -0.494 e. The van der Waals surface area contributed by atoms with E-state index in [2.05, 4.69) is 5.32 Å². The van der Waals surface area contributed by atoms with Crippen LogP contribution in [-0.2, 0) is 4.79 Å². The highest BCUT2D eigenvalue weighted by molar-refractivity contribution is 5.77. The fourth-order valence-corrected chi connectivity index (χ4v) is 2.00. The molecule has 0 heterocycles. The highest BCUT2D eigenvalue weighted by atomic mass is 16.5. The molecule has 0 aliphatic rings. The van der Waals surface area contributed by atoms with Gasteiger partial charge in [0.1, 0.15) is 30.1 Å². The number of nitrogens with one attached hydrogen (secondary N) is 1. The van der Waals surface area contributed by atoms with Crippen LogP contribution in [0.5, 0.6) is 17.2 Å². The Balaban J connectivity index is 1.62. The summed E-state index contributed by atoms with van der Waals surface area (Å²) >= 11 is 0. The van der Waals surface area contributed by atoms with Gasteiger partial charge < -0.3 is 19.5 Å². The van der Waals surface area contributed by atoms with Crippen molar-refractivity contribution in [3.8, 4) is 17.2 Å². The van der Waals surface area contributed by atoms with Gasteiger partial charge in [0.15, 0.2) is 6.61 Å². The van der Waals surface area contributed by atoms with Gasteiger partial charge in [0.05, 0.1) is 13.2 Å². The maximum atomic E-state index is 11.7. The van der Waals surface area contributed by atoms with Crippen LogP contribution >= 0.6 is 0 Å². The maximum Gasteiger partial charge on any atom is 0.258 e. The summed E-state index contributed by atoms with van der Waals surface area (Å²) in [5, 5.41) is 2.71. The van der Waals surface area contributed by atoms with Crippen molar-refractivity contribution in [1.29, 1.82) is 0 Å². The van der Waals surface area contributed by atoms with Gasteiger partial charge in [-0.15, -0.1) is 0 Å². The second-order valence-electron chi connectivity index (χ2n) is 5.08. The third-order valence-corrected chi connectivity index (χ3v) is 3.21. The molecule has 0 saturated carbocycles. The molecule has 0 bridgehead atoms. The van der Waals surface area contributed by atoms with Crippen molar-refractivity contribution in [2.75, 3.05) is 26.4 Å². The van der Waals surface area contributed by atoms with Gasteiger partial charge in [-0.05, 0) is 55.5 Å². The van der Waals surface area contributed by atoms with Gasteiger partial charge in [-0.2, -0.15) is 0 Å². The third-order valence-electron chi connectivity index (χ3n) is 3.21. The highest BCUT2D eigenvalue weighted by Crippen LogP contribution is 2.17. The molecular formula is C19H21NO5. The molecule has 132 valence electrons. The van der Waals surface area contributed by atoms with Crippen LogP contribution in [0.2, 0.25) is 0 Å². The van der Waals surface area contributed by atoms with Gasteiger partial charge in [0.2, 0.25) is 0 Å². The summed E-state index contributed by atoms with van der Waals surface area (Å²) < 4.78 is 16.2. The fourth-order valence-electron chi connectivity index (χ4n) is 2.00. The Morgan fingerprint density at radius 2 is 1.48 bits per heavy atom. The number of ether oxygens (including phenoxy) is 3. The molecule has 2 aromatic carbocycles. The van der Waals surface area contributed by atoms with E-state index in [-0.39, 0.29) is 12.5 Å². The number of rotatable bonds is 10. The van der Waals surface area contributed by atoms with Crippen LogP contribution in [0.15, 0.2) is 48.5 Å². The molecule has 0 atom stereocenters. The van der Waals surface area contributed by atoms with E-state index in [0.29, 0.717) is 36.8 Å². The second kappa shape index (κ2) is 9.97. The van der Waals surface area contributed by atoms with Crippen molar-refractivity contribution >= 4 is 12.2 Å². The van der Waals surface area contributed by atoms with Gasteiger partial charge in [0.25, 0.3) is 5.91 Å². The van der Waals surface area contributed by atoms with Crippen LogP contribution in [0.25, 0.3) is 0 Å². The molecule has 0 aliphatic carbocycles. The van der Waals surface area contributed by atoms with E-state index in [9.17, 15) is 9.59 Å². The lowest BCUT2D eigenvalue weighted by Gasteiger charge is -2.09. The third kappa shape index (κ3) is 6.55. The first kappa shape index (κ1) is 18.3. The Labute approximate surface area is 146 Å².